The largest absolute Gasteiger partial charge is 0.287 e. The summed E-state index contributed by atoms with van der Waals surface area (Å²) in [6.07, 6.45) is 4.64. The lowest BCUT2D eigenvalue weighted by atomic mass is 9.83. The van der Waals surface area contributed by atoms with Gasteiger partial charge in [0.1, 0.15) is 0 Å². The lowest BCUT2D eigenvalue weighted by Crippen LogP contribution is -2.23. The second-order valence-corrected chi connectivity index (χ2v) is 5.19. The zero-order valence-corrected chi connectivity index (χ0v) is 11.2. The van der Waals surface area contributed by atoms with E-state index in [1.807, 2.05) is 22.6 Å². The first-order valence-electron chi connectivity index (χ1n) is 4.27. The van der Waals surface area contributed by atoms with E-state index in [9.17, 15) is 4.79 Å². The molecule has 0 aromatic rings. The molecule has 0 saturated heterocycles. The van der Waals surface area contributed by atoms with Crippen LogP contribution in [0.25, 0.3) is 0 Å². The molecule has 0 amide bonds. The molecular formula is C8H13I2NO. The maximum Gasteiger partial charge on any atom is 0.195 e. The first-order chi connectivity index (χ1) is 5.74. The lowest BCUT2D eigenvalue weighted by molar-refractivity contribution is -0.113. The molecule has 0 atom stereocenters. The molecule has 0 aromatic heterocycles. The molecule has 0 radical (unpaired) electrons. The molecule has 1 saturated carbocycles. The molecule has 70 valence electrons. The minimum absolute atomic E-state index is 0.355. The van der Waals surface area contributed by atoms with Crippen LogP contribution in [-0.4, -0.2) is 10.3 Å². The van der Waals surface area contributed by atoms with Gasteiger partial charge in [0.2, 0.25) is 0 Å². The number of hydrogen-bond donors (Lipinski definition) is 1. The fraction of sp³-hybridized carbons (Fsp3) is 0.875. The van der Waals surface area contributed by atoms with Gasteiger partial charge in [0.25, 0.3) is 0 Å². The Morgan fingerprint density at radius 1 is 1.33 bits per heavy atom. The minimum Gasteiger partial charge on any atom is -0.287 e. The molecule has 2 nitrogen and oxygen atoms in total. The highest BCUT2D eigenvalue weighted by Crippen LogP contribution is 2.30. The van der Waals surface area contributed by atoms with Crippen LogP contribution in [0.3, 0.4) is 0 Å². The topological polar surface area (TPSA) is 29.1 Å². The number of carbonyl (C=O) groups excluding carboxylic acids is 1. The molecule has 0 heterocycles. The van der Waals surface area contributed by atoms with E-state index < -0.39 is 0 Å². The Balaban J connectivity index is 2.25. The van der Waals surface area contributed by atoms with Gasteiger partial charge in [0.05, 0.1) is 0 Å². The summed E-state index contributed by atoms with van der Waals surface area (Å²) in [6.45, 7) is 1.10. The van der Waals surface area contributed by atoms with Crippen molar-refractivity contribution in [3.05, 3.63) is 0 Å². The average Bonchev–Trinajstić information content (AvgIpc) is 2.06. The second kappa shape index (κ2) is 5.74. The van der Waals surface area contributed by atoms with Crippen LogP contribution in [0.2, 0.25) is 0 Å². The molecule has 1 aliphatic carbocycles. The van der Waals surface area contributed by atoms with E-state index in [4.69, 9.17) is 0 Å². The molecule has 0 bridgehead atoms. The summed E-state index contributed by atoms with van der Waals surface area (Å²) in [4.78, 5) is 11.0. The van der Waals surface area contributed by atoms with Crippen LogP contribution in [0.4, 0.5) is 0 Å². The molecule has 4 heteroatoms. The molecular weight excluding hydrogens is 380 g/mol. The van der Waals surface area contributed by atoms with Gasteiger partial charge in [-0.3, -0.25) is 8.32 Å². The molecule has 0 aromatic carbocycles. The molecule has 1 aliphatic rings. The van der Waals surface area contributed by atoms with E-state index in [-0.39, 0.29) is 0 Å². The Kier molecular flexibility index (Phi) is 5.34. The lowest BCUT2D eigenvalue weighted by Gasteiger charge is -2.25. The maximum atomic E-state index is 11.0. The van der Waals surface area contributed by atoms with Crippen LogP contribution >= 0.6 is 45.5 Å². The Hall–Kier alpha value is 1.09. The average molecular weight is 393 g/mol. The number of nitrogens with one attached hydrogen (secondary N) is 1. The Labute approximate surface area is 101 Å². The second-order valence-electron chi connectivity index (χ2n) is 3.36. The standard InChI is InChI=1S/C8H13I2NO/c9-8(12)7-3-1-6(2-4-7)5-11-10/h6-7,11H,1-5H2. The fourth-order valence-electron chi connectivity index (χ4n) is 1.70. The fourth-order valence-corrected chi connectivity index (χ4v) is 2.95. The molecule has 1 rings (SSSR count). The first-order valence-corrected chi connectivity index (χ1v) is 6.42. The molecule has 0 spiro atoms. The third-order valence-corrected chi connectivity index (χ3v) is 3.85. The number of rotatable bonds is 3. The normalized spacial score (nSPS) is 30.2. The van der Waals surface area contributed by atoms with Gasteiger partial charge in [0.15, 0.2) is 3.79 Å². The highest BCUT2D eigenvalue weighted by molar-refractivity contribution is 14.1. The Morgan fingerprint density at radius 3 is 2.33 bits per heavy atom. The number of carbonyl (C=O) groups is 1. The summed E-state index contributed by atoms with van der Waals surface area (Å²) < 4.78 is 3.52. The van der Waals surface area contributed by atoms with Gasteiger partial charge >= 0.3 is 0 Å². The van der Waals surface area contributed by atoms with Crippen molar-refractivity contribution < 1.29 is 4.79 Å². The Morgan fingerprint density at radius 2 is 1.92 bits per heavy atom. The molecule has 0 unspecified atom stereocenters. The highest BCUT2D eigenvalue weighted by Gasteiger charge is 2.24. The van der Waals surface area contributed by atoms with Crippen LogP contribution in [0.5, 0.6) is 0 Å². The smallest absolute Gasteiger partial charge is 0.195 e. The van der Waals surface area contributed by atoms with E-state index >= 15 is 0 Å². The SMILES string of the molecule is O=C(I)C1CCC(CNI)CC1. The zero-order chi connectivity index (χ0) is 8.97. The van der Waals surface area contributed by atoms with Gasteiger partial charge in [0, 0.05) is 35.3 Å². The van der Waals surface area contributed by atoms with Gasteiger partial charge in [-0.2, -0.15) is 0 Å². The highest BCUT2D eigenvalue weighted by atomic mass is 127. The summed E-state index contributed by atoms with van der Waals surface area (Å²) in [5, 5.41) is 0. The third-order valence-electron chi connectivity index (χ3n) is 2.53. The van der Waals surface area contributed by atoms with Crippen LogP contribution < -0.4 is 3.53 Å². The summed E-state index contributed by atoms with van der Waals surface area (Å²) in [5.74, 6) is 1.16. The van der Waals surface area contributed by atoms with Crippen molar-refractivity contribution in [1.82, 2.24) is 3.53 Å². The first kappa shape index (κ1) is 11.2. The van der Waals surface area contributed by atoms with Gasteiger partial charge < -0.3 is 0 Å². The summed E-state index contributed by atoms with van der Waals surface area (Å²) in [6, 6.07) is 0. The molecule has 1 N–H and O–H groups in total. The van der Waals surface area contributed by atoms with Gasteiger partial charge in [-0.1, -0.05) is 0 Å². The van der Waals surface area contributed by atoms with Crippen LogP contribution in [0.15, 0.2) is 0 Å². The number of halogens is 2. The monoisotopic (exact) mass is 393 g/mol. The Bertz CT molecular complexity index is 155. The zero-order valence-electron chi connectivity index (χ0n) is 6.85. The van der Waals surface area contributed by atoms with Crippen molar-refractivity contribution in [3.8, 4) is 0 Å². The van der Waals surface area contributed by atoms with Gasteiger partial charge in [-0.25, -0.2) is 0 Å². The molecule has 0 aliphatic heterocycles. The van der Waals surface area contributed by atoms with Crippen molar-refractivity contribution in [2.45, 2.75) is 25.7 Å². The van der Waals surface area contributed by atoms with E-state index in [0.717, 1.165) is 25.3 Å². The summed E-state index contributed by atoms with van der Waals surface area (Å²) >= 11 is 4.12. The van der Waals surface area contributed by atoms with E-state index in [1.54, 1.807) is 0 Å². The quantitative estimate of drug-likeness (QED) is 0.454. The summed E-state index contributed by atoms with van der Waals surface area (Å²) in [7, 11) is 0. The molecule has 1 fully saturated rings. The minimum atomic E-state index is 0.355. The van der Waals surface area contributed by atoms with E-state index in [1.165, 1.54) is 12.8 Å². The van der Waals surface area contributed by atoms with Crippen molar-refractivity contribution in [3.63, 3.8) is 0 Å². The van der Waals surface area contributed by atoms with Crippen LogP contribution in [0, 0.1) is 11.8 Å². The van der Waals surface area contributed by atoms with E-state index in [0.29, 0.717) is 9.71 Å². The van der Waals surface area contributed by atoms with Gasteiger partial charge in [-0.15, -0.1) is 0 Å². The van der Waals surface area contributed by atoms with Crippen molar-refractivity contribution in [2.75, 3.05) is 6.54 Å². The van der Waals surface area contributed by atoms with E-state index in [2.05, 4.69) is 26.4 Å². The van der Waals surface area contributed by atoms with Crippen molar-refractivity contribution >= 4 is 49.2 Å². The third kappa shape index (κ3) is 3.45. The predicted octanol–water partition coefficient (Wildman–Crippen LogP) is 2.69. The number of hydrogen-bond acceptors (Lipinski definition) is 2. The van der Waals surface area contributed by atoms with Crippen molar-refractivity contribution in [2.24, 2.45) is 11.8 Å². The van der Waals surface area contributed by atoms with Crippen LogP contribution in [-0.2, 0) is 4.79 Å². The predicted molar refractivity (Wildman–Crippen MR) is 66.5 cm³/mol. The van der Waals surface area contributed by atoms with Crippen molar-refractivity contribution in [1.29, 1.82) is 0 Å². The summed E-state index contributed by atoms with van der Waals surface area (Å²) in [5.41, 5.74) is 0. The van der Waals surface area contributed by atoms with Gasteiger partial charge in [-0.05, 0) is 54.2 Å². The maximum absolute atomic E-state index is 11.0. The molecule has 12 heavy (non-hydrogen) atoms. The van der Waals surface area contributed by atoms with Crippen LogP contribution in [0.1, 0.15) is 25.7 Å².